The van der Waals surface area contributed by atoms with Gasteiger partial charge in [-0.05, 0) is 36.8 Å². The molecule has 0 atom stereocenters. The Morgan fingerprint density at radius 3 is 2.73 bits per heavy atom. The van der Waals surface area contributed by atoms with Gasteiger partial charge in [0.1, 0.15) is 5.75 Å². The van der Waals surface area contributed by atoms with Crippen molar-refractivity contribution in [3.05, 3.63) is 59.9 Å². The first-order valence-electron chi connectivity index (χ1n) is 7.85. The number of benzene rings is 1. The molecule has 0 fully saturated rings. The lowest BCUT2D eigenvalue weighted by molar-refractivity contribution is 0.414. The molecular formula is C17H19N7OS. The molecule has 9 heteroatoms. The molecule has 0 aliphatic rings. The molecule has 3 N–H and O–H groups in total. The highest BCUT2D eigenvalue weighted by Crippen LogP contribution is 2.23. The first kappa shape index (κ1) is 17.7. The molecule has 26 heavy (non-hydrogen) atoms. The number of nitrogens with one attached hydrogen (secondary N) is 1. The second kappa shape index (κ2) is 8.34. The summed E-state index contributed by atoms with van der Waals surface area (Å²) < 4.78 is 6.53. The average molecular weight is 369 g/mol. The number of ether oxygens (including phenoxy) is 1. The van der Waals surface area contributed by atoms with Crippen LogP contribution >= 0.6 is 11.8 Å². The average Bonchev–Trinajstić information content (AvgIpc) is 3.05. The van der Waals surface area contributed by atoms with Gasteiger partial charge >= 0.3 is 0 Å². The lowest BCUT2D eigenvalue weighted by Gasteiger charge is -2.05. The maximum Gasteiger partial charge on any atom is 0.264 e. The van der Waals surface area contributed by atoms with Gasteiger partial charge in [0, 0.05) is 11.9 Å². The van der Waals surface area contributed by atoms with Crippen molar-refractivity contribution in [1.29, 1.82) is 0 Å². The summed E-state index contributed by atoms with van der Waals surface area (Å²) in [6, 6.07) is 13.5. The molecule has 0 amide bonds. The van der Waals surface area contributed by atoms with E-state index in [9.17, 15) is 0 Å². The second-order valence-corrected chi connectivity index (χ2v) is 6.28. The summed E-state index contributed by atoms with van der Waals surface area (Å²) in [5.74, 6) is 7.95. The molecule has 134 valence electrons. The van der Waals surface area contributed by atoms with Gasteiger partial charge in [-0.2, -0.15) is 5.10 Å². The summed E-state index contributed by atoms with van der Waals surface area (Å²) in [6.45, 7) is 1.85. The molecular weight excluding hydrogens is 350 g/mol. The zero-order chi connectivity index (χ0) is 18.4. The SMILES string of the molecule is COc1ccc(CSc2nnc(N/N=C(\C)c3ccccn3)n2N)cc1. The number of nitrogens with two attached hydrogens (primary N) is 1. The topological polar surface area (TPSA) is 103 Å². The number of methoxy groups -OCH3 is 1. The summed E-state index contributed by atoms with van der Waals surface area (Å²) >= 11 is 1.49. The zero-order valence-electron chi connectivity index (χ0n) is 14.5. The molecule has 0 saturated carbocycles. The molecule has 0 saturated heterocycles. The molecule has 0 aliphatic heterocycles. The smallest absolute Gasteiger partial charge is 0.264 e. The van der Waals surface area contributed by atoms with E-state index in [2.05, 4.69) is 25.7 Å². The van der Waals surface area contributed by atoms with E-state index < -0.39 is 0 Å². The molecule has 0 unspecified atom stereocenters. The highest BCUT2D eigenvalue weighted by Gasteiger charge is 2.10. The molecule has 3 aromatic rings. The summed E-state index contributed by atoms with van der Waals surface area (Å²) in [5.41, 5.74) is 5.46. The van der Waals surface area contributed by atoms with Crippen molar-refractivity contribution in [2.24, 2.45) is 5.10 Å². The molecule has 0 spiro atoms. The first-order chi connectivity index (χ1) is 12.7. The monoisotopic (exact) mass is 369 g/mol. The molecule has 0 radical (unpaired) electrons. The maximum atomic E-state index is 6.04. The van der Waals surface area contributed by atoms with Crippen LogP contribution < -0.4 is 16.0 Å². The molecule has 3 rings (SSSR count). The number of nitrogens with zero attached hydrogens (tertiary/aromatic N) is 5. The fourth-order valence-corrected chi connectivity index (χ4v) is 2.90. The highest BCUT2D eigenvalue weighted by molar-refractivity contribution is 7.98. The first-order valence-corrected chi connectivity index (χ1v) is 8.84. The standard InChI is InChI=1S/C17H19N7OS/c1-12(15-5-3-4-10-19-15)20-21-16-22-23-17(24(16)18)26-11-13-6-8-14(25-2)9-7-13/h3-10H,11,18H2,1-2H3,(H,21,22)/b20-12+. The molecule has 0 aliphatic carbocycles. The Hall–Kier alpha value is -3.07. The van der Waals surface area contributed by atoms with E-state index in [0.717, 1.165) is 28.5 Å². The maximum absolute atomic E-state index is 6.04. The van der Waals surface area contributed by atoms with Crippen LogP contribution in [0.2, 0.25) is 0 Å². The largest absolute Gasteiger partial charge is 0.497 e. The van der Waals surface area contributed by atoms with Crippen molar-refractivity contribution in [1.82, 2.24) is 19.9 Å². The van der Waals surface area contributed by atoms with E-state index in [1.807, 2.05) is 49.4 Å². The van der Waals surface area contributed by atoms with Crippen molar-refractivity contribution in [3.63, 3.8) is 0 Å². The van der Waals surface area contributed by atoms with Gasteiger partial charge in [-0.1, -0.05) is 30.0 Å². The highest BCUT2D eigenvalue weighted by atomic mass is 32.2. The minimum absolute atomic E-state index is 0.359. The van der Waals surface area contributed by atoms with Crippen molar-refractivity contribution in [2.75, 3.05) is 18.4 Å². The quantitative estimate of drug-likeness (QED) is 0.285. The zero-order valence-corrected chi connectivity index (χ0v) is 15.3. The number of thioether (sulfide) groups is 1. The van der Waals surface area contributed by atoms with E-state index in [1.165, 1.54) is 16.4 Å². The van der Waals surface area contributed by atoms with Gasteiger partial charge in [-0.25, -0.2) is 10.1 Å². The summed E-state index contributed by atoms with van der Waals surface area (Å²) in [5, 5.41) is 13.0. The summed E-state index contributed by atoms with van der Waals surface area (Å²) in [6.07, 6.45) is 1.72. The molecule has 8 nitrogen and oxygen atoms in total. The summed E-state index contributed by atoms with van der Waals surface area (Å²) in [7, 11) is 1.65. The van der Waals surface area contributed by atoms with Gasteiger partial charge in [-0.3, -0.25) is 4.98 Å². The van der Waals surface area contributed by atoms with Crippen molar-refractivity contribution >= 4 is 23.4 Å². The van der Waals surface area contributed by atoms with Crippen LogP contribution in [0, 0.1) is 0 Å². The van der Waals surface area contributed by atoms with Crippen molar-refractivity contribution in [3.8, 4) is 5.75 Å². The predicted octanol–water partition coefficient (Wildman–Crippen LogP) is 2.52. The third-order valence-electron chi connectivity index (χ3n) is 3.55. The predicted molar refractivity (Wildman–Crippen MR) is 103 cm³/mol. The Balaban J connectivity index is 1.62. The van der Waals surface area contributed by atoms with Crippen LogP contribution in [-0.4, -0.2) is 32.7 Å². The molecule has 2 aromatic heterocycles. The van der Waals surface area contributed by atoms with Gasteiger partial charge in [0.15, 0.2) is 0 Å². The lowest BCUT2D eigenvalue weighted by Crippen LogP contribution is -2.14. The van der Waals surface area contributed by atoms with E-state index in [-0.39, 0.29) is 0 Å². The van der Waals surface area contributed by atoms with Crippen molar-refractivity contribution < 1.29 is 4.74 Å². The minimum atomic E-state index is 0.359. The fraction of sp³-hybridized carbons (Fsp3) is 0.176. The third-order valence-corrected chi connectivity index (χ3v) is 4.56. The van der Waals surface area contributed by atoms with Crippen LogP contribution in [-0.2, 0) is 5.75 Å². The molecule has 2 heterocycles. The number of anilines is 1. The van der Waals surface area contributed by atoms with E-state index >= 15 is 0 Å². The normalized spacial score (nSPS) is 11.4. The Kier molecular flexibility index (Phi) is 5.69. The van der Waals surface area contributed by atoms with E-state index in [4.69, 9.17) is 10.6 Å². The third kappa shape index (κ3) is 4.31. The lowest BCUT2D eigenvalue weighted by atomic mass is 10.2. The van der Waals surface area contributed by atoms with Gasteiger partial charge in [-0.15, -0.1) is 10.2 Å². The van der Waals surface area contributed by atoms with Crippen LogP contribution in [0.25, 0.3) is 0 Å². The van der Waals surface area contributed by atoms with Crippen LogP contribution in [0.5, 0.6) is 5.75 Å². The van der Waals surface area contributed by atoms with E-state index in [0.29, 0.717) is 11.1 Å². The number of hydrogen-bond acceptors (Lipinski definition) is 8. The van der Waals surface area contributed by atoms with Crippen LogP contribution in [0.4, 0.5) is 5.95 Å². The van der Waals surface area contributed by atoms with Crippen LogP contribution in [0.15, 0.2) is 58.9 Å². The number of nitrogen functional groups attached to an aromatic ring is 1. The minimum Gasteiger partial charge on any atom is -0.497 e. The summed E-state index contributed by atoms with van der Waals surface area (Å²) in [4.78, 5) is 4.24. The number of pyridine rings is 1. The van der Waals surface area contributed by atoms with Crippen molar-refractivity contribution in [2.45, 2.75) is 17.8 Å². The Labute approximate surface area is 155 Å². The molecule has 1 aromatic carbocycles. The number of hydrazone groups is 1. The molecule has 0 bridgehead atoms. The van der Waals surface area contributed by atoms with Crippen LogP contribution in [0.1, 0.15) is 18.2 Å². The Morgan fingerprint density at radius 2 is 2.04 bits per heavy atom. The number of hydrogen-bond donors (Lipinski definition) is 2. The Bertz CT molecular complexity index is 878. The second-order valence-electron chi connectivity index (χ2n) is 5.34. The van der Waals surface area contributed by atoms with Gasteiger partial charge < -0.3 is 10.6 Å². The Morgan fingerprint density at radius 1 is 1.23 bits per heavy atom. The van der Waals surface area contributed by atoms with Gasteiger partial charge in [0.25, 0.3) is 5.95 Å². The number of rotatable bonds is 7. The number of aromatic nitrogens is 4. The van der Waals surface area contributed by atoms with Gasteiger partial charge in [0.2, 0.25) is 5.16 Å². The van der Waals surface area contributed by atoms with Crippen LogP contribution in [0.3, 0.4) is 0 Å². The van der Waals surface area contributed by atoms with Gasteiger partial charge in [0.05, 0.1) is 18.5 Å². The van der Waals surface area contributed by atoms with E-state index in [1.54, 1.807) is 13.3 Å². The fourth-order valence-electron chi connectivity index (χ4n) is 2.09.